The van der Waals surface area contributed by atoms with E-state index in [1.807, 2.05) is 48.5 Å². The van der Waals surface area contributed by atoms with E-state index in [1.54, 1.807) is 0 Å². The highest BCUT2D eigenvalue weighted by Gasteiger charge is 2.43. The molecule has 0 aliphatic carbocycles. The third-order valence-electron chi connectivity index (χ3n) is 3.38. The van der Waals surface area contributed by atoms with Crippen LogP contribution in [0.3, 0.4) is 0 Å². The lowest BCUT2D eigenvalue weighted by Crippen LogP contribution is -2.31. The lowest BCUT2D eigenvalue weighted by Gasteiger charge is -2.21. The van der Waals surface area contributed by atoms with Gasteiger partial charge >= 0.3 is 0 Å². The molecule has 0 radical (unpaired) electrons. The maximum absolute atomic E-state index is 11.7. The Morgan fingerprint density at radius 3 is 2.61 bits per heavy atom. The van der Waals surface area contributed by atoms with Gasteiger partial charge in [-0.05, 0) is 27.6 Å². The molecule has 1 aliphatic heterocycles. The fraction of sp³-hybridized carbons (Fsp3) is 0.133. The molecule has 1 atom stereocenters. The van der Waals surface area contributed by atoms with Crippen molar-refractivity contribution in [3.63, 3.8) is 0 Å². The van der Waals surface area contributed by atoms with E-state index in [9.17, 15) is 4.79 Å². The Balaban J connectivity index is 2.24. The molecule has 0 spiro atoms. The van der Waals surface area contributed by atoms with Crippen LogP contribution in [-0.2, 0) is 10.2 Å². The number of para-hydroxylation sites is 1. The summed E-state index contributed by atoms with van der Waals surface area (Å²) in [4.78, 5) is 11.7. The Morgan fingerprint density at radius 2 is 1.89 bits per heavy atom. The van der Waals surface area contributed by atoms with Gasteiger partial charge < -0.3 is 9.53 Å². The SMILES string of the molecule is O=CC1(c2ccccc2)COc2c(Br)cccc21. The monoisotopic (exact) mass is 302 g/mol. The van der Waals surface area contributed by atoms with Gasteiger partial charge in [0.05, 0.1) is 4.47 Å². The highest BCUT2D eigenvalue weighted by molar-refractivity contribution is 9.10. The number of rotatable bonds is 2. The minimum atomic E-state index is -0.680. The van der Waals surface area contributed by atoms with Crippen LogP contribution in [0.25, 0.3) is 0 Å². The molecule has 0 saturated carbocycles. The van der Waals surface area contributed by atoms with Crippen LogP contribution < -0.4 is 4.74 Å². The van der Waals surface area contributed by atoms with Gasteiger partial charge in [-0.15, -0.1) is 0 Å². The van der Waals surface area contributed by atoms with Gasteiger partial charge in [0.15, 0.2) is 0 Å². The molecule has 3 rings (SSSR count). The van der Waals surface area contributed by atoms with Crippen LogP contribution in [0.2, 0.25) is 0 Å². The van der Waals surface area contributed by atoms with Crippen molar-refractivity contribution in [1.82, 2.24) is 0 Å². The molecule has 2 nitrogen and oxygen atoms in total. The molecular weight excluding hydrogens is 292 g/mol. The van der Waals surface area contributed by atoms with E-state index in [0.29, 0.717) is 6.61 Å². The number of benzene rings is 2. The van der Waals surface area contributed by atoms with Gasteiger partial charge in [-0.1, -0.05) is 42.5 Å². The first-order valence-electron chi connectivity index (χ1n) is 5.71. The topological polar surface area (TPSA) is 26.3 Å². The van der Waals surface area contributed by atoms with Crippen LogP contribution in [0.15, 0.2) is 53.0 Å². The van der Waals surface area contributed by atoms with Crippen LogP contribution >= 0.6 is 15.9 Å². The zero-order valence-electron chi connectivity index (χ0n) is 9.60. The second kappa shape index (κ2) is 4.25. The summed E-state index contributed by atoms with van der Waals surface area (Å²) in [5.74, 6) is 0.772. The Hall–Kier alpha value is -1.61. The van der Waals surface area contributed by atoms with E-state index in [-0.39, 0.29) is 0 Å². The molecule has 0 amide bonds. The smallest absolute Gasteiger partial charge is 0.138 e. The average molecular weight is 303 g/mol. The Kier molecular flexibility index (Phi) is 2.71. The Labute approximate surface area is 114 Å². The van der Waals surface area contributed by atoms with Gasteiger partial charge in [-0.3, -0.25) is 0 Å². The predicted octanol–water partition coefficient (Wildman–Crippen LogP) is 3.33. The maximum atomic E-state index is 11.7. The maximum Gasteiger partial charge on any atom is 0.138 e. The molecule has 0 saturated heterocycles. The number of carbonyl (C=O) groups excluding carboxylic acids is 1. The van der Waals surface area contributed by atoms with Crippen molar-refractivity contribution >= 4 is 22.2 Å². The lowest BCUT2D eigenvalue weighted by atomic mass is 9.77. The summed E-state index contributed by atoms with van der Waals surface area (Å²) in [5.41, 5.74) is 1.22. The number of aldehydes is 1. The fourth-order valence-electron chi connectivity index (χ4n) is 2.41. The Bertz CT molecular complexity index is 595. The number of hydrogen-bond donors (Lipinski definition) is 0. The van der Waals surface area contributed by atoms with Crippen LogP contribution in [0.1, 0.15) is 11.1 Å². The van der Waals surface area contributed by atoms with Crippen molar-refractivity contribution in [2.45, 2.75) is 5.41 Å². The van der Waals surface area contributed by atoms with E-state index in [1.165, 1.54) is 0 Å². The summed E-state index contributed by atoms with van der Waals surface area (Å²) in [6.07, 6.45) is 0.987. The van der Waals surface area contributed by atoms with E-state index in [0.717, 1.165) is 27.6 Å². The summed E-state index contributed by atoms with van der Waals surface area (Å²) >= 11 is 3.46. The summed E-state index contributed by atoms with van der Waals surface area (Å²) in [6.45, 7) is 0.360. The standard InChI is InChI=1S/C15H11BrO2/c16-13-8-4-7-12-14(13)18-10-15(12,9-17)11-5-2-1-3-6-11/h1-9H,10H2. The molecule has 0 aromatic heterocycles. The number of ether oxygens (including phenoxy) is 1. The summed E-state index contributed by atoms with van der Waals surface area (Å²) in [6, 6.07) is 15.6. The summed E-state index contributed by atoms with van der Waals surface area (Å²) in [5, 5.41) is 0. The zero-order valence-corrected chi connectivity index (χ0v) is 11.2. The predicted molar refractivity (Wildman–Crippen MR) is 72.9 cm³/mol. The van der Waals surface area contributed by atoms with Crippen LogP contribution in [-0.4, -0.2) is 12.9 Å². The Morgan fingerprint density at radius 1 is 1.11 bits per heavy atom. The van der Waals surface area contributed by atoms with Gasteiger partial charge in [-0.2, -0.15) is 0 Å². The minimum Gasteiger partial charge on any atom is -0.490 e. The molecule has 1 aliphatic rings. The molecule has 0 N–H and O–H groups in total. The van der Waals surface area contributed by atoms with E-state index in [4.69, 9.17) is 4.74 Å². The second-order valence-corrected chi connectivity index (χ2v) is 5.21. The first-order chi connectivity index (χ1) is 8.78. The largest absolute Gasteiger partial charge is 0.490 e. The molecule has 3 heteroatoms. The van der Waals surface area contributed by atoms with E-state index in [2.05, 4.69) is 15.9 Å². The zero-order chi connectivity index (χ0) is 12.6. The third-order valence-corrected chi connectivity index (χ3v) is 4.01. The molecule has 90 valence electrons. The molecule has 18 heavy (non-hydrogen) atoms. The number of halogens is 1. The molecule has 2 aromatic carbocycles. The van der Waals surface area contributed by atoms with Gasteiger partial charge in [0, 0.05) is 5.56 Å². The van der Waals surface area contributed by atoms with E-state index < -0.39 is 5.41 Å². The molecular formula is C15H11BrO2. The highest BCUT2D eigenvalue weighted by Crippen LogP contribution is 2.45. The van der Waals surface area contributed by atoms with Crippen molar-refractivity contribution in [2.75, 3.05) is 6.61 Å². The van der Waals surface area contributed by atoms with Gasteiger partial charge in [-0.25, -0.2) is 0 Å². The molecule has 1 heterocycles. The number of hydrogen-bond acceptors (Lipinski definition) is 2. The van der Waals surface area contributed by atoms with Gasteiger partial charge in [0.2, 0.25) is 0 Å². The van der Waals surface area contributed by atoms with Crippen molar-refractivity contribution in [1.29, 1.82) is 0 Å². The quantitative estimate of drug-likeness (QED) is 0.796. The summed E-state index contributed by atoms with van der Waals surface area (Å²) in [7, 11) is 0. The van der Waals surface area contributed by atoms with E-state index >= 15 is 0 Å². The average Bonchev–Trinajstić information content (AvgIpc) is 2.81. The van der Waals surface area contributed by atoms with Crippen LogP contribution in [0.5, 0.6) is 5.75 Å². The lowest BCUT2D eigenvalue weighted by molar-refractivity contribution is -0.111. The minimum absolute atomic E-state index is 0.360. The fourth-order valence-corrected chi connectivity index (χ4v) is 2.89. The summed E-state index contributed by atoms with van der Waals surface area (Å²) < 4.78 is 6.60. The highest BCUT2D eigenvalue weighted by atomic mass is 79.9. The molecule has 0 fully saturated rings. The first kappa shape index (κ1) is 11.5. The third kappa shape index (κ3) is 1.51. The van der Waals surface area contributed by atoms with Gasteiger partial charge in [0.25, 0.3) is 0 Å². The number of carbonyl (C=O) groups is 1. The van der Waals surface area contributed by atoms with Crippen molar-refractivity contribution in [3.8, 4) is 5.75 Å². The molecule has 2 aromatic rings. The van der Waals surface area contributed by atoms with Gasteiger partial charge in [0.1, 0.15) is 24.1 Å². The van der Waals surface area contributed by atoms with Crippen LogP contribution in [0, 0.1) is 0 Å². The molecule has 0 bridgehead atoms. The van der Waals surface area contributed by atoms with Crippen molar-refractivity contribution in [3.05, 3.63) is 64.1 Å². The second-order valence-electron chi connectivity index (χ2n) is 4.36. The van der Waals surface area contributed by atoms with Crippen LogP contribution in [0.4, 0.5) is 0 Å². The first-order valence-corrected chi connectivity index (χ1v) is 6.51. The normalized spacial score (nSPS) is 21.2. The van der Waals surface area contributed by atoms with Crippen molar-refractivity contribution < 1.29 is 9.53 Å². The number of fused-ring (bicyclic) bond motifs is 1. The molecule has 1 unspecified atom stereocenters. The van der Waals surface area contributed by atoms with Crippen molar-refractivity contribution in [2.24, 2.45) is 0 Å².